The lowest BCUT2D eigenvalue weighted by Gasteiger charge is -2.27. The van der Waals surface area contributed by atoms with Crippen LogP contribution >= 0.6 is 0 Å². The highest BCUT2D eigenvalue weighted by atomic mass is 16.3. The van der Waals surface area contributed by atoms with E-state index in [9.17, 15) is 10.2 Å². The molecule has 2 N–H and O–H groups in total. The van der Waals surface area contributed by atoms with Gasteiger partial charge in [0.2, 0.25) is 0 Å². The molecule has 0 spiro atoms. The Kier molecular flexibility index (Phi) is 3.89. The van der Waals surface area contributed by atoms with Crippen molar-refractivity contribution < 1.29 is 10.2 Å². The van der Waals surface area contributed by atoms with E-state index in [0.29, 0.717) is 6.42 Å². The van der Waals surface area contributed by atoms with E-state index in [1.165, 1.54) is 0 Å². The van der Waals surface area contributed by atoms with Gasteiger partial charge in [-0.05, 0) is 11.0 Å². The van der Waals surface area contributed by atoms with Crippen molar-refractivity contribution in [2.75, 3.05) is 0 Å². The van der Waals surface area contributed by atoms with Gasteiger partial charge in [-0.3, -0.25) is 0 Å². The molecule has 0 heterocycles. The van der Waals surface area contributed by atoms with Gasteiger partial charge in [-0.25, -0.2) is 0 Å². The van der Waals surface area contributed by atoms with Gasteiger partial charge in [-0.15, -0.1) is 0 Å². The van der Waals surface area contributed by atoms with Gasteiger partial charge in [0.25, 0.3) is 0 Å². The molecule has 0 radical (unpaired) electrons. The van der Waals surface area contributed by atoms with E-state index < -0.39 is 12.2 Å². The quantitative estimate of drug-likeness (QED) is 0.801. The first-order valence-electron chi connectivity index (χ1n) is 5.32. The average Bonchev–Trinajstić information content (AvgIpc) is 2.17. The van der Waals surface area contributed by atoms with Crippen molar-refractivity contribution in [3.05, 3.63) is 35.9 Å². The highest BCUT2D eigenvalue weighted by molar-refractivity contribution is 5.17. The third-order valence-corrected chi connectivity index (χ3v) is 2.63. The molecule has 1 aromatic rings. The molecule has 0 saturated heterocycles. The fourth-order valence-electron chi connectivity index (χ4n) is 1.38. The summed E-state index contributed by atoms with van der Waals surface area (Å²) in [5.74, 6) is 0. The minimum absolute atomic E-state index is 0.185. The predicted octanol–water partition coefficient (Wildman–Crippen LogP) is 2.52. The van der Waals surface area contributed by atoms with Gasteiger partial charge in [0.15, 0.2) is 0 Å². The molecule has 0 aliphatic carbocycles. The Morgan fingerprint density at radius 2 is 1.60 bits per heavy atom. The normalized spacial score (nSPS) is 16.1. The molecule has 2 heteroatoms. The lowest BCUT2D eigenvalue weighted by Crippen LogP contribution is -2.27. The smallest absolute Gasteiger partial charge is 0.0814 e. The molecule has 2 nitrogen and oxygen atoms in total. The maximum Gasteiger partial charge on any atom is 0.0814 e. The second-order valence-corrected chi connectivity index (χ2v) is 5.04. The van der Waals surface area contributed by atoms with E-state index in [2.05, 4.69) is 0 Å². The van der Waals surface area contributed by atoms with Crippen molar-refractivity contribution in [3.8, 4) is 0 Å². The summed E-state index contributed by atoms with van der Waals surface area (Å²) >= 11 is 0. The third kappa shape index (κ3) is 3.65. The summed E-state index contributed by atoms with van der Waals surface area (Å²) in [6, 6.07) is 9.44. The van der Waals surface area contributed by atoms with Crippen LogP contribution in [0, 0.1) is 5.41 Å². The van der Waals surface area contributed by atoms with Crippen LogP contribution in [-0.4, -0.2) is 16.3 Å². The summed E-state index contributed by atoms with van der Waals surface area (Å²) in [5, 5.41) is 19.8. The zero-order chi connectivity index (χ0) is 11.5. The third-order valence-electron chi connectivity index (χ3n) is 2.63. The summed E-state index contributed by atoms with van der Waals surface area (Å²) in [7, 11) is 0. The zero-order valence-corrected chi connectivity index (χ0v) is 9.64. The first kappa shape index (κ1) is 12.2. The Morgan fingerprint density at radius 3 is 2.07 bits per heavy atom. The molecule has 0 bridgehead atoms. The van der Waals surface area contributed by atoms with Crippen LogP contribution in [0.2, 0.25) is 0 Å². The Bertz CT molecular complexity index is 287. The van der Waals surface area contributed by atoms with Crippen LogP contribution in [0.4, 0.5) is 0 Å². The van der Waals surface area contributed by atoms with Crippen molar-refractivity contribution in [3.63, 3.8) is 0 Å². The van der Waals surface area contributed by atoms with Gasteiger partial charge < -0.3 is 10.2 Å². The van der Waals surface area contributed by atoms with Crippen LogP contribution in [0.1, 0.15) is 38.9 Å². The molecule has 84 valence electrons. The van der Waals surface area contributed by atoms with Crippen LogP contribution in [0.3, 0.4) is 0 Å². The summed E-state index contributed by atoms with van der Waals surface area (Å²) < 4.78 is 0. The molecule has 0 aromatic heterocycles. The molecule has 2 unspecified atom stereocenters. The maximum atomic E-state index is 9.89. The van der Waals surface area contributed by atoms with Crippen LogP contribution < -0.4 is 0 Å². The Hall–Kier alpha value is -0.860. The second kappa shape index (κ2) is 4.77. The standard InChI is InChI=1S/C13H20O2/c1-13(2,3)12(15)9-11(14)10-7-5-4-6-8-10/h4-8,11-12,14-15H,9H2,1-3H3. The Labute approximate surface area is 91.6 Å². The fourth-order valence-corrected chi connectivity index (χ4v) is 1.38. The Balaban J connectivity index is 2.61. The SMILES string of the molecule is CC(C)(C)C(O)CC(O)c1ccccc1. The lowest BCUT2D eigenvalue weighted by atomic mass is 9.85. The van der Waals surface area contributed by atoms with Gasteiger partial charge in [0.1, 0.15) is 0 Å². The molecule has 1 aromatic carbocycles. The van der Waals surface area contributed by atoms with Crippen LogP contribution in [-0.2, 0) is 0 Å². The number of aliphatic hydroxyl groups is 2. The molecular formula is C13H20O2. The fraction of sp³-hybridized carbons (Fsp3) is 0.538. The zero-order valence-electron chi connectivity index (χ0n) is 9.64. The minimum atomic E-state index is -0.583. The molecule has 15 heavy (non-hydrogen) atoms. The monoisotopic (exact) mass is 208 g/mol. The molecule has 0 fully saturated rings. The number of benzene rings is 1. The first-order chi connectivity index (χ1) is 6.91. The van der Waals surface area contributed by atoms with E-state index in [4.69, 9.17) is 0 Å². The van der Waals surface area contributed by atoms with Crippen molar-refractivity contribution in [1.82, 2.24) is 0 Å². The lowest BCUT2D eigenvalue weighted by molar-refractivity contribution is 0.0130. The van der Waals surface area contributed by atoms with Crippen LogP contribution in [0.5, 0.6) is 0 Å². The van der Waals surface area contributed by atoms with E-state index in [1.54, 1.807) is 0 Å². The number of hydrogen-bond acceptors (Lipinski definition) is 2. The Morgan fingerprint density at radius 1 is 1.07 bits per heavy atom. The first-order valence-corrected chi connectivity index (χ1v) is 5.32. The van der Waals surface area contributed by atoms with Gasteiger partial charge in [0.05, 0.1) is 12.2 Å². The largest absolute Gasteiger partial charge is 0.392 e. The maximum absolute atomic E-state index is 9.89. The summed E-state index contributed by atoms with van der Waals surface area (Å²) in [4.78, 5) is 0. The van der Waals surface area contributed by atoms with Crippen molar-refractivity contribution in [2.24, 2.45) is 5.41 Å². The van der Waals surface area contributed by atoms with E-state index >= 15 is 0 Å². The second-order valence-electron chi connectivity index (χ2n) is 5.04. The van der Waals surface area contributed by atoms with Crippen molar-refractivity contribution in [1.29, 1.82) is 0 Å². The topological polar surface area (TPSA) is 40.5 Å². The molecule has 2 atom stereocenters. The molecule has 0 aliphatic rings. The van der Waals surface area contributed by atoms with Crippen molar-refractivity contribution >= 4 is 0 Å². The number of aliphatic hydroxyl groups excluding tert-OH is 2. The van der Waals surface area contributed by atoms with Crippen LogP contribution in [0.25, 0.3) is 0 Å². The van der Waals surface area contributed by atoms with E-state index in [1.807, 2.05) is 51.1 Å². The summed E-state index contributed by atoms with van der Waals surface area (Å²) in [5.41, 5.74) is 0.677. The summed E-state index contributed by atoms with van der Waals surface area (Å²) in [6.45, 7) is 5.90. The number of hydrogen-bond donors (Lipinski definition) is 2. The highest BCUT2D eigenvalue weighted by Gasteiger charge is 2.25. The van der Waals surface area contributed by atoms with Gasteiger partial charge in [0, 0.05) is 6.42 Å². The summed E-state index contributed by atoms with van der Waals surface area (Å²) in [6.07, 6.45) is -0.693. The van der Waals surface area contributed by atoms with E-state index in [-0.39, 0.29) is 5.41 Å². The highest BCUT2D eigenvalue weighted by Crippen LogP contribution is 2.27. The van der Waals surface area contributed by atoms with Gasteiger partial charge in [-0.1, -0.05) is 51.1 Å². The van der Waals surface area contributed by atoms with Crippen molar-refractivity contribution in [2.45, 2.75) is 39.4 Å². The molecule has 0 amide bonds. The predicted molar refractivity (Wildman–Crippen MR) is 61.5 cm³/mol. The minimum Gasteiger partial charge on any atom is -0.392 e. The molecular weight excluding hydrogens is 188 g/mol. The molecule has 0 aliphatic heterocycles. The number of rotatable bonds is 3. The molecule has 1 rings (SSSR count). The van der Waals surface area contributed by atoms with Gasteiger partial charge in [-0.2, -0.15) is 0 Å². The van der Waals surface area contributed by atoms with E-state index in [0.717, 1.165) is 5.56 Å². The average molecular weight is 208 g/mol. The molecule has 0 saturated carbocycles. The van der Waals surface area contributed by atoms with Gasteiger partial charge >= 0.3 is 0 Å². The van der Waals surface area contributed by atoms with Crippen LogP contribution in [0.15, 0.2) is 30.3 Å².